The number of hydrogen-bond donors (Lipinski definition) is 0. The Morgan fingerprint density at radius 2 is 1.94 bits per heavy atom. The fourth-order valence-electron chi connectivity index (χ4n) is 1.45. The van der Waals surface area contributed by atoms with Gasteiger partial charge in [0.1, 0.15) is 0 Å². The Hall–Kier alpha value is -1.36. The maximum Gasteiger partial charge on any atom is 0.331 e. The van der Waals surface area contributed by atoms with Crippen LogP contribution in [0.3, 0.4) is 0 Å². The first-order valence-electron chi connectivity index (χ1n) is 5.79. The average Bonchev–Trinajstić information content (AvgIpc) is 2.21. The van der Waals surface area contributed by atoms with Gasteiger partial charge in [0.05, 0.1) is 18.8 Å². The van der Waals surface area contributed by atoms with Crippen molar-refractivity contribution < 1.29 is 4.74 Å². The average molecular weight is 240 g/mol. The monoisotopic (exact) mass is 240 g/mol. The summed E-state index contributed by atoms with van der Waals surface area (Å²) in [5, 5.41) is 0. The van der Waals surface area contributed by atoms with Gasteiger partial charge in [-0.2, -0.15) is 0 Å². The second-order valence-corrected chi connectivity index (χ2v) is 4.84. The summed E-state index contributed by atoms with van der Waals surface area (Å²) in [6.07, 6.45) is 1.52. The molecule has 1 rings (SSSR count). The molecule has 0 aliphatic carbocycles. The van der Waals surface area contributed by atoms with Gasteiger partial charge < -0.3 is 9.30 Å². The highest BCUT2D eigenvalue weighted by Gasteiger charge is 2.10. The maximum absolute atomic E-state index is 11.8. The SMILES string of the molecule is CCn1ccc(=O)n(CCOC(C)(C)C)c1=O. The van der Waals surface area contributed by atoms with Gasteiger partial charge in [-0.25, -0.2) is 4.79 Å². The Labute approximate surface area is 101 Å². The summed E-state index contributed by atoms with van der Waals surface area (Å²) in [6.45, 7) is 8.87. The lowest BCUT2D eigenvalue weighted by atomic mass is 10.2. The number of aryl methyl sites for hydroxylation is 1. The molecule has 0 unspecified atom stereocenters. The highest BCUT2D eigenvalue weighted by molar-refractivity contribution is 4.86. The van der Waals surface area contributed by atoms with Gasteiger partial charge in [0.2, 0.25) is 0 Å². The first-order chi connectivity index (χ1) is 7.85. The summed E-state index contributed by atoms with van der Waals surface area (Å²) in [7, 11) is 0. The molecule has 1 aromatic heterocycles. The first-order valence-corrected chi connectivity index (χ1v) is 5.79. The predicted octanol–water partition coefficient (Wildman–Crippen LogP) is 0.845. The molecule has 0 aliphatic rings. The van der Waals surface area contributed by atoms with Gasteiger partial charge in [-0.1, -0.05) is 0 Å². The molecule has 17 heavy (non-hydrogen) atoms. The minimum Gasteiger partial charge on any atom is -0.374 e. The van der Waals surface area contributed by atoms with Crippen molar-refractivity contribution in [2.24, 2.45) is 0 Å². The molecule has 1 aromatic rings. The van der Waals surface area contributed by atoms with Crippen molar-refractivity contribution >= 4 is 0 Å². The second-order valence-electron chi connectivity index (χ2n) is 4.84. The minimum absolute atomic E-state index is 0.262. The molecular weight excluding hydrogens is 220 g/mol. The molecule has 0 atom stereocenters. The second kappa shape index (κ2) is 5.31. The molecule has 0 N–H and O–H groups in total. The van der Waals surface area contributed by atoms with Gasteiger partial charge >= 0.3 is 5.69 Å². The van der Waals surface area contributed by atoms with Crippen LogP contribution in [0.15, 0.2) is 21.9 Å². The Kier molecular flexibility index (Phi) is 4.28. The number of aromatic nitrogens is 2. The minimum atomic E-state index is -0.280. The highest BCUT2D eigenvalue weighted by Crippen LogP contribution is 2.05. The zero-order valence-electron chi connectivity index (χ0n) is 10.9. The van der Waals surface area contributed by atoms with Crippen LogP contribution in [0.25, 0.3) is 0 Å². The van der Waals surface area contributed by atoms with Crippen LogP contribution in [-0.2, 0) is 17.8 Å². The lowest BCUT2D eigenvalue weighted by molar-refractivity contribution is -0.00764. The van der Waals surface area contributed by atoms with E-state index in [9.17, 15) is 9.59 Å². The van der Waals surface area contributed by atoms with Crippen LogP contribution >= 0.6 is 0 Å². The first kappa shape index (κ1) is 13.7. The van der Waals surface area contributed by atoms with Crippen LogP contribution in [0.4, 0.5) is 0 Å². The van der Waals surface area contributed by atoms with Crippen LogP contribution in [0, 0.1) is 0 Å². The third-order valence-electron chi connectivity index (χ3n) is 2.33. The lowest BCUT2D eigenvalue weighted by Crippen LogP contribution is -2.40. The number of ether oxygens (including phenoxy) is 1. The van der Waals surface area contributed by atoms with Crippen molar-refractivity contribution in [3.05, 3.63) is 33.1 Å². The third-order valence-corrected chi connectivity index (χ3v) is 2.33. The molecule has 0 bridgehead atoms. The number of nitrogens with zero attached hydrogens (tertiary/aromatic N) is 2. The van der Waals surface area contributed by atoms with Crippen LogP contribution in [-0.4, -0.2) is 21.3 Å². The van der Waals surface area contributed by atoms with Gasteiger partial charge in [-0.15, -0.1) is 0 Å². The van der Waals surface area contributed by atoms with Crippen molar-refractivity contribution in [2.75, 3.05) is 6.61 Å². The third kappa shape index (κ3) is 3.85. The Morgan fingerprint density at radius 3 is 2.47 bits per heavy atom. The van der Waals surface area contributed by atoms with E-state index in [1.165, 1.54) is 21.4 Å². The quantitative estimate of drug-likeness (QED) is 0.784. The molecule has 5 heteroatoms. The molecule has 0 radical (unpaired) electrons. The van der Waals surface area contributed by atoms with Gasteiger partial charge in [-0.05, 0) is 27.7 Å². The zero-order chi connectivity index (χ0) is 13.1. The van der Waals surface area contributed by atoms with Crippen molar-refractivity contribution in [1.29, 1.82) is 0 Å². The molecule has 96 valence electrons. The predicted molar refractivity (Wildman–Crippen MR) is 66.3 cm³/mol. The van der Waals surface area contributed by atoms with Crippen LogP contribution in [0.1, 0.15) is 27.7 Å². The van der Waals surface area contributed by atoms with Crippen molar-refractivity contribution in [3.8, 4) is 0 Å². The van der Waals surface area contributed by atoms with E-state index in [4.69, 9.17) is 4.74 Å². The summed E-state index contributed by atoms with van der Waals surface area (Å²) in [6, 6.07) is 1.40. The molecule has 0 aliphatic heterocycles. The molecular formula is C12H20N2O3. The van der Waals surface area contributed by atoms with Crippen molar-refractivity contribution in [1.82, 2.24) is 9.13 Å². The Bertz CT molecular complexity index is 480. The number of hydrogen-bond acceptors (Lipinski definition) is 3. The normalized spacial score (nSPS) is 11.8. The topological polar surface area (TPSA) is 53.2 Å². The molecule has 0 saturated heterocycles. The van der Waals surface area contributed by atoms with E-state index in [2.05, 4.69) is 0 Å². The Morgan fingerprint density at radius 1 is 1.29 bits per heavy atom. The summed E-state index contributed by atoms with van der Waals surface area (Å²) in [4.78, 5) is 23.4. The maximum atomic E-state index is 11.8. The van der Waals surface area contributed by atoms with Gasteiger partial charge in [0, 0.05) is 18.8 Å². The van der Waals surface area contributed by atoms with Gasteiger partial charge in [-0.3, -0.25) is 9.36 Å². The smallest absolute Gasteiger partial charge is 0.331 e. The molecule has 0 saturated carbocycles. The van der Waals surface area contributed by atoms with Gasteiger partial charge in [0.15, 0.2) is 0 Å². The molecule has 0 aromatic carbocycles. The van der Waals surface area contributed by atoms with Crippen molar-refractivity contribution in [2.45, 2.75) is 46.4 Å². The van der Waals surface area contributed by atoms with E-state index in [0.29, 0.717) is 13.2 Å². The summed E-state index contributed by atoms with van der Waals surface area (Å²) in [5.74, 6) is 0. The molecule has 0 fully saturated rings. The molecule has 0 spiro atoms. The van der Waals surface area contributed by atoms with E-state index in [1.807, 2.05) is 27.7 Å². The Balaban J connectivity index is 2.84. The summed E-state index contributed by atoms with van der Waals surface area (Å²) in [5.41, 5.74) is -0.822. The largest absolute Gasteiger partial charge is 0.374 e. The van der Waals surface area contributed by atoms with Crippen LogP contribution in [0.2, 0.25) is 0 Å². The van der Waals surface area contributed by atoms with E-state index in [0.717, 1.165) is 0 Å². The highest BCUT2D eigenvalue weighted by atomic mass is 16.5. The van der Waals surface area contributed by atoms with E-state index in [-0.39, 0.29) is 23.4 Å². The lowest BCUT2D eigenvalue weighted by Gasteiger charge is -2.19. The fraction of sp³-hybridized carbons (Fsp3) is 0.667. The van der Waals surface area contributed by atoms with Crippen LogP contribution < -0.4 is 11.2 Å². The van der Waals surface area contributed by atoms with Crippen molar-refractivity contribution in [3.63, 3.8) is 0 Å². The van der Waals surface area contributed by atoms with Gasteiger partial charge in [0.25, 0.3) is 5.56 Å². The van der Waals surface area contributed by atoms with Crippen LogP contribution in [0.5, 0.6) is 0 Å². The van der Waals surface area contributed by atoms with E-state index >= 15 is 0 Å². The van der Waals surface area contributed by atoms with E-state index < -0.39 is 0 Å². The number of rotatable bonds is 4. The standard InChI is InChI=1S/C12H20N2O3/c1-5-13-7-6-10(15)14(11(13)16)8-9-17-12(2,3)4/h6-7H,5,8-9H2,1-4H3. The fourth-order valence-corrected chi connectivity index (χ4v) is 1.45. The van der Waals surface area contributed by atoms with E-state index in [1.54, 1.807) is 0 Å². The molecule has 5 nitrogen and oxygen atoms in total. The molecule has 1 heterocycles. The molecule has 0 amide bonds. The zero-order valence-corrected chi connectivity index (χ0v) is 10.9. The summed E-state index contributed by atoms with van der Waals surface area (Å²) < 4.78 is 8.21. The summed E-state index contributed by atoms with van der Waals surface area (Å²) >= 11 is 0.